The standard InChI is InChI=1S/C28H37F3N6O2/c29-28(30,31)39-24-9-7-21(8-10-24)26(38)36-18-12-23(13-19-36)37-17-5-6-22(20-37)33-27-32-14-11-25(34-27)35-15-3-1-2-4-16-35/h7-11,14,22-23H,1-6,12-13,15-20H2,(H,32,33,34). The van der Waals surface area contributed by atoms with E-state index >= 15 is 0 Å². The van der Waals surface area contributed by atoms with Crippen LogP contribution in [0.25, 0.3) is 0 Å². The summed E-state index contributed by atoms with van der Waals surface area (Å²) in [6.45, 7) is 5.29. The molecule has 3 aliphatic heterocycles. The van der Waals surface area contributed by atoms with Crippen molar-refractivity contribution in [2.24, 2.45) is 0 Å². The van der Waals surface area contributed by atoms with E-state index in [1.54, 1.807) is 4.90 Å². The molecule has 1 aromatic heterocycles. The largest absolute Gasteiger partial charge is 0.573 e. The molecule has 1 unspecified atom stereocenters. The average molecular weight is 547 g/mol. The van der Waals surface area contributed by atoms with Gasteiger partial charge < -0.3 is 19.9 Å². The maximum absolute atomic E-state index is 12.9. The number of alkyl halides is 3. The monoisotopic (exact) mass is 546 g/mol. The quantitative estimate of drug-likeness (QED) is 0.551. The van der Waals surface area contributed by atoms with Crippen LogP contribution in [0, 0.1) is 0 Å². The second kappa shape index (κ2) is 12.4. The number of carbonyl (C=O) groups excluding carboxylic acids is 1. The van der Waals surface area contributed by atoms with Gasteiger partial charge in [0.1, 0.15) is 11.6 Å². The van der Waals surface area contributed by atoms with E-state index in [-0.39, 0.29) is 17.7 Å². The molecule has 1 atom stereocenters. The van der Waals surface area contributed by atoms with Gasteiger partial charge in [-0.25, -0.2) is 4.98 Å². The van der Waals surface area contributed by atoms with Gasteiger partial charge >= 0.3 is 6.36 Å². The fourth-order valence-electron chi connectivity index (χ4n) is 5.95. The normalized spacial score (nSPS) is 21.9. The van der Waals surface area contributed by atoms with Crippen LogP contribution < -0.4 is 15.0 Å². The van der Waals surface area contributed by atoms with Gasteiger partial charge in [0.25, 0.3) is 5.91 Å². The number of hydrogen-bond acceptors (Lipinski definition) is 7. The molecule has 1 amide bonds. The lowest BCUT2D eigenvalue weighted by atomic mass is 9.97. The molecule has 0 spiro atoms. The van der Waals surface area contributed by atoms with Crippen LogP contribution in [0.15, 0.2) is 36.5 Å². The van der Waals surface area contributed by atoms with Crippen molar-refractivity contribution < 1.29 is 22.7 Å². The number of nitrogens with one attached hydrogen (secondary N) is 1. The molecule has 3 aliphatic rings. The Kier molecular flexibility index (Phi) is 8.74. The summed E-state index contributed by atoms with van der Waals surface area (Å²) < 4.78 is 41.1. The molecule has 0 aliphatic carbocycles. The van der Waals surface area contributed by atoms with E-state index in [0.717, 1.165) is 57.7 Å². The summed E-state index contributed by atoms with van der Waals surface area (Å²) >= 11 is 0. The smallest absolute Gasteiger partial charge is 0.406 e. The Bertz CT molecular complexity index is 1080. The second-order valence-electron chi connectivity index (χ2n) is 10.7. The van der Waals surface area contributed by atoms with Crippen molar-refractivity contribution in [3.63, 3.8) is 0 Å². The van der Waals surface area contributed by atoms with Crippen LogP contribution in [0.2, 0.25) is 0 Å². The SMILES string of the molecule is O=C(c1ccc(OC(F)(F)F)cc1)N1CCC(N2CCCC(Nc3nccc(N4CCCCCC4)n3)C2)CC1. The third kappa shape index (κ3) is 7.52. The minimum atomic E-state index is -4.75. The highest BCUT2D eigenvalue weighted by atomic mass is 19.4. The van der Waals surface area contributed by atoms with Crippen molar-refractivity contribution in [3.05, 3.63) is 42.1 Å². The molecule has 39 heavy (non-hydrogen) atoms. The van der Waals surface area contributed by atoms with Gasteiger partial charge in [-0.05, 0) is 75.4 Å². The minimum Gasteiger partial charge on any atom is -0.406 e. The Morgan fingerprint density at radius 2 is 1.62 bits per heavy atom. The van der Waals surface area contributed by atoms with Gasteiger partial charge in [0.15, 0.2) is 0 Å². The van der Waals surface area contributed by atoms with Crippen molar-refractivity contribution in [1.82, 2.24) is 19.8 Å². The van der Waals surface area contributed by atoms with E-state index in [1.165, 1.54) is 49.9 Å². The Morgan fingerprint density at radius 3 is 2.31 bits per heavy atom. The van der Waals surface area contributed by atoms with E-state index in [9.17, 15) is 18.0 Å². The fraction of sp³-hybridized carbons (Fsp3) is 0.607. The molecule has 212 valence electrons. The van der Waals surface area contributed by atoms with Crippen LogP contribution in [0.5, 0.6) is 5.75 Å². The van der Waals surface area contributed by atoms with E-state index in [1.807, 2.05) is 12.3 Å². The molecule has 0 radical (unpaired) electrons. The average Bonchev–Trinajstić information content (AvgIpc) is 3.23. The van der Waals surface area contributed by atoms with Crippen LogP contribution in [0.1, 0.15) is 61.7 Å². The molecule has 5 rings (SSSR count). The molecule has 2 aromatic rings. The minimum absolute atomic E-state index is 0.161. The first-order chi connectivity index (χ1) is 18.8. The molecular formula is C28H37F3N6O2. The van der Waals surface area contributed by atoms with E-state index in [2.05, 4.69) is 24.8 Å². The maximum atomic E-state index is 12.9. The number of carbonyl (C=O) groups is 1. The zero-order chi connectivity index (χ0) is 27.2. The summed E-state index contributed by atoms with van der Waals surface area (Å²) in [6, 6.07) is 7.81. The van der Waals surface area contributed by atoms with Gasteiger partial charge in [-0.2, -0.15) is 4.98 Å². The zero-order valence-electron chi connectivity index (χ0n) is 22.2. The molecule has 3 fully saturated rings. The highest BCUT2D eigenvalue weighted by molar-refractivity contribution is 5.94. The summed E-state index contributed by atoms with van der Waals surface area (Å²) in [6.07, 6.45) is 5.98. The number of amides is 1. The highest BCUT2D eigenvalue weighted by Gasteiger charge is 2.32. The maximum Gasteiger partial charge on any atom is 0.573 e. The number of anilines is 2. The number of rotatable bonds is 6. The number of aromatic nitrogens is 2. The number of halogens is 3. The lowest BCUT2D eigenvalue weighted by molar-refractivity contribution is -0.274. The lowest BCUT2D eigenvalue weighted by Gasteiger charge is -2.42. The van der Waals surface area contributed by atoms with Crippen LogP contribution >= 0.6 is 0 Å². The number of hydrogen-bond donors (Lipinski definition) is 1. The molecule has 4 heterocycles. The molecule has 11 heteroatoms. The van der Waals surface area contributed by atoms with Crippen LogP contribution in [-0.4, -0.2) is 83.4 Å². The molecule has 0 bridgehead atoms. The number of piperidine rings is 2. The molecule has 0 saturated carbocycles. The Hall–Kier alpha value is -3.08. The number of nitrogens with zero attached hydrogens (tertiary/aromatic N) is 5. The Morgan fingerprint density at radius 1 is 0.897 bits per heavy atom. The summed E-state index contributed by atoms with van der Waals surface area (Å²) in [5, 5.41) is 3.58. The predicted octanol–water partition coefficient (Wildman–Crippen LogP) is 4.94. The lowest BCUT2D eigenvalue weighted by Crippen LogP contribution is -2.52. The third-order valence-electron chi connectivity index (χ3n) is 7.96. The number of likely N-dealkylation sites (tertiary alicyclic amines) is 2. The van der Waals surface area contributed by atoms with E-state index in [4.69, 9.17) is 4.98 Å². The van der Waals surface area contributed by atoms with Gasteiger partial charge in [-0.1, -0.05) is 12.8 Å². The topological polar surface area (TPSA) is 73.8 Å². The third-order valence-corrected chi connectivity index (χ3v) is 7.96. The summed E-state index contributed by atoms with van der Waals surface area (Å²) in [4.78, 5) is 28.9. The fourth-order valence-corrected chi connectivity index (χ4v) is 5.95. The molecule has 8 nitrogen and oxygen atoms in total. The van der Waals surface area contributed by atoms with Crippen molar-refractivity contribution in [2.45, 2.75) is 69.8 Å². The molecule has 1 N–H and O–H groups in total. The van der Waals surface area contributed by atoms with E-state index in [0.29, 0.717) is 30.6 Å². The first-order valence-corrected chi connectivity index (χ1v) is 14.1. The number of ether oxygens (including phenoxy) is 1. The van der Waals surface area contributed by atoms with Gasteiger partial charge in [-0.3, -0.25) is 9.69 Å². The first kappa shape index (κ1) is 27.5. The van der Waals surface area contributed by atoms with Gasteiger partial charge in [-0.15, -0.1) is 13.2 Å². The molecule has 3 saturated heterocycles. The summed E-state index contributed by atoms with van der Waals surface area (Å²) in [5.41, 5.74) is 0.368. The Labute approximate surface area is 227 Å². The van der Waals surface area contributed by atoms with Gasteiger partial charge in [0.2, 0.25) is 5.95 Å². The van der Waals surface area contributed by atoms with E-state index < -0.39 is 6.36 Å². The van der Waals surface area contributed by atoms with Crippen molar-refractivity contribution in [1.29, 1.82) is 0 Å². The van der Waals surface area contributed by atoms with Crippen molar-refractivity contribution in [3.8, 4) is 5.75 Å². The van der Waals surface area contributed by atoms with Crippen molar-refractivity contribution in [2.75, 3.05) is 49.5 Å². The number of benzene rings is 1. The van der Waals surface area contributed by atoms with Crippen LogP contribution in [0.3, 0.4) is 0 Å². The molecular weight excluding hydrogens is 509 g/mol. The van der Waals surface area contributed by atoms with Gasteiger partial charge in [0, 0.05) is 56.6 Å². The summed E-state index contributed by atoms with van der Waals surface area (Å²) in [7, 11) is 0. The van der Waals surface area contributed by atoms with Crippen molar-refractivity contribution >= 4 is 17.7 Å². The predicted molar refractivity (Wildman–Crippen MR) is 143 cm³/mol. The zero-order valence-corrected chi connectivity index (χ0v) is 22.2. The Balaban J connectivity index is 1.11. The van der Waals surface area contributed by atoms with Crippen LogP contribution in [-0.2, 0) is 0 Å². The van der Waals surface area contributed by atoms with Gasteiger partial charge in [0.05, 0.1) is 0 Å². The highest BCUT2D eigenvalue weighted by Crippen LogP contribution is 2.26. The second-order valence-corrected chi connectivity index (χ2v) is 10.7. The molecule has 1 aromatic carbocycles. The summed E-state index contributed by atoms with van der Waals surface area (Å²) in [5.74, 6) is 1.20. The first-order valence-electron chi connectivity index (χ1n) is 14.1. The van der Waals surface area contributed by atoms with Crippen LogP contribution in [0.4, 0.5) is 24.9 Å².